The minimum atomic E-state index is -0.337. The summed E-state index contributed by atoms with van der Waals surface area (Å²) in [5.41, 5.74) is 2.21. The van der Waals surface area contributed by atoms with Crippen molar-refractivity contribution in [3.05, 3.63) is 83.0 Å². The highest BCUT2D eigenvalue weighted by Gasteiger charge is 2.37. The summed E-state index contributed by atoms with van der Waals surface area (Å²) in [5.74, 6) is 1.23. The molecule has 0 fully saturated rings. The molecule has 2 heterocycles. The number of aliphatic imine (C=N–C) groups is 1. The van der Waals surface area contributed by atoms with E-state index in [9.17, 15) is 4.79 Å². The Bertz CT molecular complexity index is 1020. The van der Waals surface area contributed by atoms with Crippen LogP contribution in [0, 0.1) is 0 Å². The van der Waals surface area contributed by atoms with Gasteiger partial charge in [0.25, 0.3) is 0 Å². The number of esters is 1. The van der Waals surface area contributed by atoms with Crippen molar-refractivity contribution < 1.29 is 19.0 Å². The van der Waals surface area contributed by atoms with Gasteiger partial charge in [0, 0.05) is 6.20 Å². The van der Waals surface area contributed by atoms with E-state index in [-0.39, 0.29) is 12.0 Å². The minimum Gasteiger partial charge on any atom is -0.490 e. The second-order valence-corrected chi connectivity index (χ2v) is 7.78. The summed E-state index contributed by atoms with van der Waals surface area (Å²) < 4.78 is 16.8. The average Bonchev–Trinajstić information content (AvgIpc) is 3.25. The summed E-state index contributed by atoms with van der Waals surface area (Å²) >= 11 is 1.54. The standard InChI is InChI=1S/C24H24N2O4S/c1-3-28-23(27)21-17(2)25-24-26(13-16-31-24)22(21)18-9-11-20(12-10-18)30-15-14-29-19-7-5-4-6-8-19/h4-13,16,22H,3,14-15H2,1-2H3/t22-/m1/s1. The number of carbonyl (C=O) groups excluding carboxylic acids is 1. The molecule has 31 heavy (non-hydrogen) atoms. The van der Waals surface area contributed by atoms with E-state index >= 15 is 0 Å². The van der Waals surface area contributed by atoms with Crippen LogP contribution in [-0.4, -0.2) is 35.9 Å². The van der Waals surface area contributed by atoms with Crippen LogP contribution in [0.1, 0.15) is 25.5 Å². The molecule has 6 nitrogen and oxygen atoms in total. The fourth-order valence-corrected chi connectivity index (χ4v) is 4.27. The van der Waals surface area contributed by atoms with Crippen LogP contribution in [0.5, 0.6) is 11.5 Å². The maximum atomic E-state index is 12.7. The number of thioether (sulfide) groups is 1. The highest BCUT2D eigenvalue weighted by molar-refractivity contribution is 8.16. The van der Waals surface area contributed by atoms with Gasteiger partial charge in [-0.2, -0.15) is 0 Å². The van der Waals surface area contributed by atoms with Gasteiger partial charge in [0.1, 0.15) is 24.7 Å². The molecule has 0 amide bonds. The van der Waals surface area contributed by atoms with Crippen molar-refractivity contribution in [3.8, 4) is 11.5 Å². The average molecular weight is 437 g/mol. The third-order valence-electron chi connectivity index (χ3n) is 4.88. The van der Waals surface area contributed by atoms with Crippen molar-refractivity contribution in [2.75, 3.05) is 19.8 Å². The molecule has 0 saturated heterocycles. The molecule has 0 aromatic heterocycles. The third kappa shape index (κ3) is 4.77. The van der Waals surface area contributed by atoms with E-state index in [1.54, 1.807) is 18.7 Å². The molecule has 2 aliphatic rings. The Morgan fingerprint density at radius 1 is 1.03 bits per heavy atom. The highest BCUT2D eigenvalue weighted by Crippen LogP contribution is 2.41. The quantitative estimate of drug-likeness (QED) is 0.433. The van der Waals surface area contributed by atoms with Crippen LogP contribution >= 0.6 is 11.8 Å². The number of hydrogen-bond donors (Lipinski definition) is 0. The van der Waals surface area contributed by atoms with E-state index in [1.165, 1.54) is 0 Å². The number of allylic oxidation sites excluding steroid dienone is 1. The lowest BCUT2D eigenvalue weighted by molar-refractivity contribution is -0.139. The smallest absolute Gasteiger partial charge is 0.338 e. The van der Waals surface area contributed by atoms with Gasteiger partial charge in [-0.05, 0) is 49.1 Å². The Morgan fingerprint density at radius 2 is 1.71 bits per heavy atom. The molecule has 0 bridgehead atoms. The molecule has 0 spiro atoms. The van der Waals surface area contributed by atoms with E-state index in [2.05, 4.69) is 4.99 Å². The van der Waals surface area contributed by atoms with Gasteiger partial charge in [-0.15, -0.1) is 0 Å². The topological polar surface area (TPSA) is 60.4 Å². The van der Waals surface area contributed by atoms with Gasteiger partial charge < -0.3 is 19.1 Å². The van der Waals surface area contributed by atoms with E-state index in [0.717, 1.165) is 22.2 Å². The summed E-state index contributed by atoms with van der Waals surface area (Å²) in [6.45, 7) is 4.87. The zero-order valence-electron chi connectivity index (χ0n) is 17.5. The van der Waals surface area contributed by atoms with Crippen molar-refractivity contribution in [2.24, 2.45) is 4.99 Å². The lowest BCUT2D eigenvalue weighted by atomic mass is 9.95. The number of hydrogen-bond acceptors (Lipinski definition) is 7. The fraction of sp³-hybridized carbons (Fsp3) is 0.250. The second kappa shape index (κ2) is 9.75. The number of rotatable bonds is 8. The number of para-hydroxylation sites is 1. The molecule has 0 unspecified atom stereocenters. The maximum absolute atomic E-state index is 12.7. The lowest BCUT2D eigenvalue weighted by Crippen LogP contribution is -2.34. The molecular weight excluding hydrogens is 412 g/mol. The van der Waals surface area contributed by atoms with E-state index in [0.29, 0.717) is 31.1 Å². The van der Waals surface area contributed by atoms with Crippen LogP contribution in [0.2, 0.25) is 0 Å². The van der Waals surface area contributed by atoms with Crippen LogP contribution in [0.4, 0.5) is 0 Å². The SMILES string of the molecule is CCOC(=O)C1=C(C)N=C2SC=CN2[C@@H]1c1ccc(OCCOc2ccccc2)cc1. The largest absolute Gasteiger partial charge is 0.490 e. The van der Waals surface area contributed by atoms with Crippen molar-refractivity contribution >= 4 is 22.9 Å². The predicted octanol–water partition coefficient (Wildman–Crippen LogP) is 4.91. The van der Waals surface area contributed by atoms with Gasteiger partial charge in [-0.3, -0.25) is 0 Å². The van der Waals surface area contributed by atoms with Gasteiger partial charge in [0.15, 0.2) is 5.17 Å². The van der Waals surface area contributed by atoms with E-state index in [1.807, 2.05) is 78.0 Å². The molecule has 7 heteroatoms. The molecule has 2 aromatic rings. The number of amidine groups is 1. The van der Waals surface area contributed by atoms with Gasteiger partial charge in [-0.1, -0.05) is 42.1 Å². The molecule has 0 radical (unpaired) electrons. The number of ether oxygens (including phenoxy) is 3. The van der Waals surface area contributed by atoms with Crippen molar-refractivity contribution in [1.29, 1.82) is 0 Å². The molecule has 0 saturated carbocycles. The summed E-state index contributed by atoms with van der Waals surface area (Å²) in [4.78, 5) is 19.3. The first-order chi connectivity index (χ1) is 15.2. The third-order valence-corrected chi connectivity index (χ3v) is 5.65. The molecule has 1 atom stereocenters. The van der Waals surface area contributed by atoms with Crippen LogP contribution in [0.15, 0.2) is 82.5 Å². The Kier molecular flexibility index (Phi) is 6.62. The first-order valence-electron chi connectivity index (χ1n) is 10.2. The van der Waals surface area contributed by atoms with Crippen molar-refractivity contribution in [3.63, 3.8) is 0 Å². The first kappa shape index (κ1) is 21.1. The Morgan fingerprint density at radius 3 is 2.39 bits per heavy atom. The monoisotopic (exact) mass is 436 g/mol. The summed E-state index contributed by atoms with van der Waals surface area (Å²) in [7, 11) is 0. The Labute approximate surface area is 186 Å². The Balaban J connectivity index is 1.45. The van der Waals surface area contributed by atoms with Gasteiger partial charge in [0.2, 0.25) is 0 Å². The van der Waals surface area contributed by atoms with Crippen molar-refractivity contribution in [1.82, 2.24) is 4.90 Å². The molecule has 4 rings (SSSR count). The zero-order chi connectivity index (χ0) is 21.6. The molecular formula is C24H24N2O4S. The zero-order valence-corrected chi connectivity index (χ0v) is 18.3. The van der Waals surface area contributed by atoms with Crippen LogP contribution in [0.3, 0.4) is 0 Å². The van der Waals surface area contributed by atoms with Crippen LogP contribution in [0.25, 0.3) is 0 Å². The minimum absolute atomic E-state index is 0.284. The number of carbonyl (C=O) groups is 1. The van der Waals surface area contributed by atoms with Crippen molar-refractivity contribution in [2.45, 2.75) is 19.9 Å². The molecule has 2 aliphatic heterocycles. The molecule has 0 aliphatic carbocycles. The second-order valence-electron chi connectivity index (χ2n) is 6.91. The molecule has 2 aromatic carbocycles. The lowest BCUT2D eigenvalue weighted by Gasteiger charge is -2.33. The summed E-state index contributed by atoms with van der Waals surface area (Å²) in [5, 5.41) is 2.83. The maximum Gasteiger partial charge on any atom is 0.338 e. The van der Waals surface area contributed by atoms with Crippen LogP contribution in [-0.2, 0) is 9.53 Å². The fourth-order valence-electron chi connectivity index (χ4n) is 3.48. The summed E-state index contributed by atoms with van der Waals surface area (Å²) in [6, 6.07) is 17.1. The van der Waals surface area contributed by atoms with Gasteiger partial charge >= 0.3 is 5.97 Å². The normalized spacial score (nSPS) is 17.3. The molecule has 0 N–H and O–H groups in total. The number of nitrogens with zero attached hydrogens (tertiary/aromatic N) is 2. The first-order valence-corrected chi connectivity index (χ1v) is 11.0. The predicted molar refractivity (Wildman–Crippen MR) is 122 cm³/mol. The number of benzene rings is 2. The number of fused-ring (bicyclic) bond motifs is 1. The van der Waals surface area contributed by atoms with E-state index in [4.69, 9.17) is 14.2 Å². The van der Waals surface area contributed by atoms with E-state index < -0.39 is 0 Å². The van der Waals surface area contributed by atoms with Gasteiger partial charge in [0.05, 0.1) is 23.9 Å². The highest BCUT2D eigenvalue weighted by atomic mass is 32.2. The molecule has 160 valence electrons. The summed E-state index contributed by atoms with van der Waals surface area (Å²) in [6.07, 6.45) is 1.95. The Hall–Kier alpha value is -3.19. The van der Waals surface area contributed by atoms with Crippen LogP contribution < -0.4 is 9.47 Å². The van der Waals surface area contributed by atoms with Gasteiger partial charge in [-0.25, -0.2) is 9.79 Å².